The molecule has 0 saturated heterocycles. The number of hydrogen-bond donors (Lipinski definition) is 2. The van der Waals surface area contributed by atoms with Gasteiger partial charge in [-0.2, -0.15) is 5.26 Å². The molecule has 0 amide bonds. The molecule has 3 N–H and O–H groups in total. The van der Waals surface area contributed by atoms with Crippen LogP contribution in [0.2, 0.25) is 0 Å². The molecule has 0 bridgehead atoms. The lowest BCUT2D eigenvalue weighted by atomic mass is 10.2. The Balaban J connectivity index is 0.000000181. The maximum absolute atomic E-state index is 10.3. The number of nitrogen functional groups attached to an aromatic ring is 1. The number of benzene rings is 1. The Morgan fingerprint density at radius 1 is 1.24 bits per heavy atom. The van der Waals surface area contributed by atoms with Gasteiger partial charge in [0.05, 0.1) is 5.56 Å². The molecule has 0 aliphatic rings. The first-order valence-electron chi connectivity index (χ1n) is 4.76. The second-order valence-electron chi connectivity index (χ2n) is 3.08. The van der Waals surface area contributed by atoms with E-state index in [0.29, 0.717) is 5.69 Å². The van der Waals surface area contributed by atoms with Crippen molar-refractivity contribution in [3.05, 3.63) is 54.4 Å². The fourth-order valence-corrected chi connectivity index (χ4v) is 1.09. The molecule has 5 heteroatoms. The van der Waals surface area contributed by atoms with E-state index in [4.69, 9.17) is 16.1 Å². The number of nitrogens with two attached hydrogens (primary N) is 1. The van der Waals surface area contributed by atoms with Crippen molar-refractivity contribution in [3.8, 4) is 6.19 Å². The van der Waals surface area contributed by atoms with Crippen molar-refractivity contribution >= 4 is 11.7 Å². The van der Waals surface area contributed by atoms with Crippen LogP contribution in [0.3, 0.4) is 0 Å². The Hall–Kier alpha value is -2.74. The standard InChI is InChI=1S/C7H7NO2.C5H4N2/c8-6-4-2-1-3-5(6)7(9)10;6-5-7-3-1-2-4-7/h1-4H,8H2,(H,9,10);1-4H. The number of aromatic nitrogens is 1. The van der Waals surface area contributed by atoms with Gasteiger partial charge in [-0.15, -0.1) is 0 Å². The van der Waals surface area contributed by atoms with Crippen molar-refractivity contribution in [2.75, 3.05) is 5.73 Å². The summed E-state index contributed by atoms with van der Waals surface area (Å²) in [5.74, 6) is -0.988. The number of carboxylic acids is 1. The monoisotopic (exact) mass is 229 g/mol. The first kappa shape index (κ1) is 12.3. The molecule has 0 unspecified atom stereocenters. The van der Waals surface area contributed by atoms with Gasteiger partial charge in [0.1, 0.15) is 0 Å². The molecule has 17 heavy (non-hydrogen) atoms. The first-order valence-corrected chi connectivity index (χ1v) is 4.76. The van der Waals surface area contributed by atoms with Crippen LogP contribution < -0.4 is 5.73 Å². The zero-order valence-electron chi connectivity index (χ0n) is 8.95. The summed E-state index contributed by atoms with van der Waals surface area (Å²) in [6.07, 6.45) is 5.31. The summed E-state index contributed by atoms with van der Waals surface area (Å²) in [5.41, 5.74) is 5.80. The first-order chi connectivity index (χ1) is 8.15. The average Bonchev–Trinajstić information content (AvgIpc) is 2.83. The van der Waals surface area contributed by atoms with E-state index in [1.165, 1.54) is 10.6 Å². The number of rotatable bonds is 1. The summed E-state index contributed by atoms with van der Waals surface area (Å²) >= 11 is 0. The molecule has 0 saturated carbocycles. The number of nitriles is 1. The minimum atomic E-state index is -0.988. The van der Waals surface area contributed by atoms with Gasteiger partial charge in [-0.3, -0.25) is 4.57 Å². The molecule has 0 spiro atoms. The fourth-order valence-electron chi connectivity index (χ4n) is 1.09. The number of carbonyl (C=O) groups is 1. The normalized spacial score (nSPS) is 8.65. The number of anilines is 1. The van der Waals surface area contributed by atoms with E-state index in [-0.39, 0.29) is 5.56 Å². The van der Waals surface area contributed by atoms with Crippen LogP contribution in [0, 0.1) is 11.5 Å². The highest BCUT2D eigenvalue weighted by Crippen LogP contribution is 2.08. The topological polar surface area (TPSA) is 92.0 Å². The molecule has 0 aliphatic carbocycles. The van der Waals surface area contributed by atoms with Crippen molar-refractivity contribution in [1.29, 1.82) is 5.26 Å². The summed E-state index contributed by atoms with van der Waals surface area (Å²) in [7, 11) is 0. The van der Waals surface area contributed by atoms with Crippen LogP contribution in [-0.2, 0) is 0 Å². The summed E-state index contributed by atoms with van der Waals surface area (Å²) in [5, 5.41) is 16.6. The fraction of sp³-hybridized carbons (Fsp3) is 0. The van der Waals surface area contributed by atoms with Gasteiger partial charge in [-0.25, -0.2) is 4.79 Å². The minimum absolute atomic E-state index is 0.155. The van der Waals surface area contributed by atoms with Gasteiger partial charge in [0, 0.05) is 18.1 Å². The Bertz CT molecular complexity index is 527. The predicted octanol–water partition coefficient (Wildman–Crippen LogP) is 1.78. The highest BCUT2D eigenvalue weighted by molar-refractivity contribution is 5.93. The third-order valence-corrected chi connectivity index (χ3v) is 1.91. The highest BCUT2D eigenvalue weighted by atomic mass is 16.4. The van der Waals surface area contributed by atoms with E-state index in [1.54, 1.807) is 30.6 Å². The van der Waals surface area contributed by atoms with Crippen LogP contribution in [-0.4, -0.2) is 15.6 Å². The molecule has 2 aromatic rings. The van der Waals surface area contributed by atoms with E-state index in [2.05, 4.69) is 0 Å². The Morgan fingerprint density at radius 2 is 1.82 bits per heavy atom. The molecule has 5 nitrogen and oxygen atoms in total. The zero-order chi connectivity index (χ0) is 12.7. The molecule has 2 rings (SSSR count). The largest absolute Gasteiger partial charge is 0.478 e. The highest BCUT2D eigenvalue weighted by Gasteiger charge is 2.03. The van der Waals surface area contributed by atoms with Gasteiger partial charge in [-0.05, 0) is 24.3 Å². The predicted molar refractivity (Wildman–Crippen MR) is 63.3 cm³/mol. The zero-order valence-corrected chi connectivity index (χ0v) is 8.95. The van der Waals surface area contributed by atoms with E-state index in [9.17, 15) is 4.79 Å². The van der Waals surface area contributed by atoms with Crippen LogP contribution in [0.15, 0.2) is 48.8 Å². The molecule has 1 heterocycles. The molecule has 0 aliphatic heterocycles. The van der Waals surface area contributed by atoms with Gasteiger partial charge in [0.25, 0.3) is 0 Å². The second-order valence-corrected chi connectivity index (χ2v) is 3.08. The van der Waals surface area contributed by atoms with Crippen LogP contribution in [0.5, 0.6) is 0 Å². The second kappa shape index (κ2) is 5.98. The molecule has 1 aromatic carbocycles. The van der Waals surface area contributed by atoms with E-state index < -0.39 is 5.97 Å². The maximum atomic E-state index is 10.3. The van der Waals surface area contributed by atoms with Gasteiger partial charge in [-0.1, -0.05) is 12.1 Å². The lowest BCUT2D eigenvalue weighted by molar-refractivity contribution is 0.0698. The third kappa shape index (κ3) is 3.72. The van der Waals surface area contributed by atoms with Crippen LogP contribution >= 0.6 is 0 Å². The molecule has 86 valence electrons. The number of carboxylic acid groups (broad SMARTS) is 1. The van der Waals surface area contributed by atoms with Gasteiger partial charge >= 0.3 is 5.97 Å². The van der Waals surface area contributed by atoms with Crippen molar-refractivity contribution in [2.45, 2.75) is 0 Å². The number of hydrogen-bond acceptors (Lipinski definition) is 3. The SMILES string of the molecule is N#Cn1cccc1.Nc1ccccc1C(=O)O. The van der Waals surface area contributed by atoms with Crippen molar-refractivity contribution in [3.63, 3.8) is 0 Å². The van der Waals surface area contributed by atoms with E-state index in [0.717, 1.165) is 0 Å². The Morgan fingerprint density at radius 3 is 2.18 bits per heavy atom. The lowest BCUT2D eigenvalue weighted by Gasteiger charge is -1.96. The van der Waals surface area contributed by atoms with E-state index >= 15 is 0 Å². The van der Waals surface area contributed by atoms with Crippen LogP contribution in [0.1, 0.15) is 10.4 Å². The summed E-state index contributed by atoms with van der Waals surface area (Å²) in [6, 6.07) is 9.98. The van der Waals surface area contributed by atoms with Gasteiger partial charge in [0.2, 0.25) is 0 Å². The maximum Gasteiger partial charge on any atom is 0.337 e. The van der Waals surface area contributed by atoms with Crippen LogP contribution in [0.4, 0.5) is 5.69 Å². The van der Waals surface area contributed by atoms with Gasteiger partial charge in [0.15, 0.2) is 6.19 Å². The van der Waals surface area contributed by atoms with E-state index in [1.807, 2.05) is 18.3 Å². The third-order valence-electron chi connectivity index (χ3n) is 1.91. The van der Waals surface area contributed by atoms with Crippen molar-refractivity contribution < 1.29 is 9.90 Å². The average molecular weight is 229 g/mol. The Kier molecular flexibility index (Phi) is 4.34. The molecule has 0 fully saturated rings. The van der Waals surface area contributed by atoms with Crippen LogP contribution in [0.25, 0.3) is 0 Å². The summed E-state index contributed by atoms with van der Waals surface area (Å²) in [6.45, 7) is 0. The van der Waals surface area contributed by atoms with Crippen molar-refractivity contribution in [2.24, 2.45) is 0 Å². The number of nitrogens with zero attached hydrogens (tertiary/aromatic N) is 2. The molecular weight excluding hydrogens is 218 g/mol. The summed E-state index contributed by atoms with van der Waals surface area (Å²) in [4.78, 5) is 10.3. The molecule has 0 atom stereocenters. The Labute approximate surface area is 98.3 Å². The number of aromatic carboxylic acids is 1. The quantitative estimate of drug-likeness (QED) is 0.729. The smallest absolute Gasteiger partial charge is 0.337 e. The number of para-hydroxylation sites is 1. The lowest BCUT2D eigenvalue weighted by Crippen LogP contribution is -2.00. The summed E-state index contributed by atoms with van der Waals surface area (Å²) < 4.78 is 1.43. The van der Waals surface area contributed by atoms with Crippen molar-refractivity contribution in [1.82, 2.24) is 4.57 Å². The molecular formula is C12H11N3O2. The van der Waals surface area contributed by atoms with Gasteiger partial charge < -0.3 is 10.8 Å². The molecule has 0 radical (unpaired) electrons. The molecule has 1 aromatic heterocycles. The minimum Gasteiger partial charge on any atom is -0.478 e.